The minimum absolute atomic E-state index is 0.0518. The Bertz CT molecular complexity index is 578. The van der Waals surface area contributed by atoms with Gasteiger partial charge in [0.1, 0.15) is 5.75 Å². The largest absolute Gasteiger partial charge is 0.481 e. The average Bonchev–Trinajstić information content (AvgIpc) is 2.61. The number of carbonyl (C=O) groups excluding carboxylic acids is 1. The van der Waals surface area contributed by atoms with Crippen molar-refractivity contribution in [2.45, 2.75) is 53.1 Å². The van der Waals surface area contributed by atoms with Crippen LogP contribution in [0.1, 0.15) is 43.4 Å². The number of hydrogen-bond acceptors (Lipinski definition) is 5. The van der Waals surface area contributed by atoms with E-state index >= 15 is 0 Å². The predicted molar refractivity (Wildman–Crippen MR) is 105 cm³/mol. The molecule has 0 aromatic heterocycles. The maximum atomic E-state index is 11.3. The molecule has 0 spiro atoms. The van der Waals surface area contributed by atoms with Gasteiger partial charge < -0.3 is 19.7 Å². The number of nitrogens with one attached hydrogen (secondary N) is 1. The third kappa shape index (κ3) is 5.99. The number of esters is 1. The monoisotopic (exact) mass is 362 g/mol. The molecule has 0 radical (unpaired) electrons. The first-order valence-electron chi connectivity index (χ1n) is 9.65. The lowest BCUT2D eigenvalue weighted by atomic mass is 9.97. The van der Waals surface area contributed by atoms with E-state index in [1.807, 2.05) is 13.8 Å². The fraction of sp³-hybridized carbons (Fsp3) is 0.667. The van der Waals surface area contributed by atoms with Crippen molar-refractivity contribution in [2.24, 2.45) is 5.92 Å². The minimum atomic E-state index is -0.363. The van der Waals surface area contributed by atoms with Crippen LogP contribution in [0.15, 0.2) is 12.1 Å². The van der Waals surface area contributed by atoms with E-state index in [9.17, 15) is 4.79 Å². The van der Waals surface area contributed by atoms with E-state index in [1.165, 1.54) is 38.6 Å². The third-order valence-corrected chi connectivity index (χ3v) is 5.12. The second-order valence-electron chi connectivity index (χ2n) is 7.65. The zero-order valence-corrected chi connectivity index (χ0v) is 16.9. The number of ether oxygens (including phenoxy) is 2. The smallest absolute Gasteiger partial charge is 0.343 e. The van der Waals surface area contributed by atoms with E-state index in [1.54, 1.807) is 0 Å². The molecule has 1 unspecified atom stereocenters. The molecular formula is C21H34N2O3. The summed E-state index contributed by atoms with van der Waals surface area (Å²) in [5, 5.41) is 3.62. The Labute approximate surface area is 158 Å². The van der Waals surface area contributed by atoms with E-state index in [0.29, 0.717) is 6.04 Å². The van der Waals surface area contributed by atoms with Crippen molar-refractivity contribution < 1.29 is 14.3 Å². The molecule has 146 valence electrons. The fourth-order valence-corrected chi connectivity index (χ4v) is 3.71. The van der Waals surface area contributed by atoms with Gasteiger partial charge in [-0.05, 0) is 76.2 Å². The van der Waals surface area contributed by atoms with Crippen LogP contribution in [0.5, 0.6) is 5.75 Å². The summed E-state index contributed by atoms with van der Waals surface area (Å²) in [6.45, 7) is 12.9. The quantitative estimate of drug-likeness (QED) is 0.720. The summed E-state index contributed by atoms with van der Waals surface area (Å²) in [6, 6.07) is 4.91. The summed E-state index contributed by atoms with van der Waals surface area (Å²) in [5.74, 6) is 1.15. The molecule has 1 saturated heterocycles. The molecule has 0 saturated carbocycles. The van der Waals surface area contributed by atoms with Gasteiger partial charge in [-0.25, -0.2) is 4.79 Å². The molecule has 1 fully saturated rings. The third-order valence-electron chi connectivity index (χ3n) is 5.12. The zero-order valence-electron chi connectivity index (χ0n) is 16.9. The van der Waals surface area contributed by atoms with Gasteiger partial charge in [0.25, 0.3) is 0 Å². The maximum Gasteiger partial charge on any atom is 0.343 e. The first kappa shape index (κ1) is 20.7. The van der Waals surface area contributed by atoms with E-state index in [2.05, 4.69) is 40.9 Å². The summed E-state index contributed by atoms with van der Waals surface area (Å²) >= 11 is 0. The maximum absolute atomic E-state index is 11.3. The number of nitrogens with zero attached hydrogens (tertiary/aromatic N) is 1. The van der Waals surface area contributed by atoms with Gasteiger partial charge in [0, 0.05) is 19.1 Å². The summed E-state index contributed by atoms with van der Waals surface area (Å²) in [6.07, 6.45) is 2.61. The number of benzene rings is 1. The van der Waals surface area contributed by atoms with Gasteiger partial charge in [-0.1, -0.05) is 12.1 Å². The normalized spacial score (nSPS) is 18.2. The lowest BCUT2D eigenvalue weighted by molar-refractivity contribution is -0.142. The highest BCUT2D eigenvalue weighted by molar-refractivity contribution is 5.71. The van der Waals surface area contributed by atoms with E-state index < -0.39 is 0 Å². The minimum Gasteiger partial charge on any atom is -0.481 e. The zero-order chi connectivity index (χ0) is 19.1. The molecule has 1 aliphatic heterocycles. The molecule has 0 aliphatic carbocycles. The van der Waals surface area contributed by atoms with Crippen LogP contribution in [0.4, 0.5) is 0 Å². The van der Waals surface area contributed by atoms with Gasteiger partial charge in [-0.15, -0.1) is 0 Å². The molecule has 26 heavy (non-hydrogen) atoms. The number of piperidine rings is 1. The highest BCUT2D eigenvalue weighted by Gasteiger charge is 2.21. The Morgan fingerprint density at radius 2 is 2.00 bits per heavy atom. The Balaban J connectivity index is 1.85. The van der Waals surface area contributed by atoms with E-state index in [-0.39, 0.29) is 12.6 Å². The van der Waals surface area contributed by atoms with Gasteiger partial charge >= 0.3 is 5.97 Å². The van der Waals surface area contributed by atoms with Crippen molar-refractivity contribution in [2.75, 3.05) is 33.4 Å². The van der Waals surface area contributed by atoms with Crippen LogP contribution in [0.25, 0.3) is 0 Å². The Morgan fingerprint density at radius 1 is 1.31 bits per heavy atom. The van der Waals surface area contributed by atoms with Crippen LogP contribution in [-0.4, -0.2) is 50.3 Å². The summed E-state index contributed by atoms with van der Waals surface area (Å²) in [4.78, 5) is 13.9. The summed E-state index contributed by atoms with van der Waals surface area (Å²) in [7, 11) is 1.37. The van der Waals surface area contributed by atoms with Gasteiger partial charge in [-0.3, -0.25) is 0 Å². The van der Waals surface area contributed by atoms with Crippen LogP contribution in [0.2, 0.25) is 0 Å². The van der Waals surface area contributed by atoms with Crippen molar-refractivity contribution in [1.82, 2.24) is 10.2 Å². The van der Waals surface area contributed by atoms with Crippen molar-refractivity contribution >= 4 is 5.97 Å². The first-order chi connectivity index (χ1) is 12.4. The highest BCUT2D eigenvalue weighted by atomic mass is 16.6. The molecule has 5 nitrogen and oxygen atoms in total. The standard InChI is InChI=1S/C21H34N2O3/c1-15(2)23-8-6-7-18(13-23)11-22-12-19-9-16(3)21(17(4)10-19)26-14-20(24)25-5/h9-10,15,18,22H,6-8,11-14H2,1-5H3. The predicted octanol–water partition coefficient (Wildman–Crippen LogP) is 3.07. The Hall–Kier alpha value is -1.59. The summed E-state index contributed by atoms with van der Waals surface area (Å²) in [5.41, 5.74) is 3.35. The van der Waals surface area contributed by atoms with Crippen LogP contribution in [0, 0.1) is 19.8 Å². The van der Waals surface area contributed by atoms with Crippen LogP contribution >= 0.6 is 0 Å². The second kappa shape index (κ2) is 9.93. The number of likely N-dealkylation sites (tertiary alicyclic amines) is 1. The number of rotatable bonds is 8. The number of hydrogen-bond donors (Lipinski definition) is 1. The molecule has 0 bridgehead atoms. The Morgan fingerprint density at radius 3 is 2.62 bits per heavy atom. The van der Waals surface area contributed by atoms with Gasteiger partial charge in [0.05, 0.1) is 7.11 Å². The van der Waals surface area contributed by atoms with E-state index in [4.69, 9.17) is 4.74 Å². The van der Waals surface area contributed by atoms with Crippen molar-refractivity contribution in [3.63, 3.8) is 0 Å². The van der Waals surface area contributed by atoms with Gasteiger partial charge in [0.15, 0.2) is 6.61 Å². The molecular weight excluding hydrogens is 328 g/mol. The molecule has 0 amide bonds. The number of aryl methyl sites for hydroxylation is 2. The SMILES string of the molecule is COC(=O)COc1c(C)cc(CNCC2CCCN(C(C)C)C2)cc1C. The first-order valence-corrected chi connectivity index (χ1v) is 9.65. The van der Waals surface area contributed by atoms with Crippen LogP contribution in [0.3, 0.4) is 0 Å². The molecule has 1 aromatic carbocycles. The molecule has 1 atom stereocenters. The second-order valence-corrected chi connectivity index (χ2v) is 7.65. The Kier molecular flexibility index (Phi) is 7.91. The number of carbonyl (C=O) groups is 1. The molecule has 2 rings (SSSR count). The topological polar surface area (TPSA) is 50.8 Å². The lowest BCUT2D eigenvalue weighted by Gasteiger charge is -2.35. The van der Waals surface area contributed by atoms with Gasteiger partial charge in [0.2, 0.25) is 0 Å². The molecule has 1 N–H and O–H groups in total. The van der Waals surface area contributed by atoms with Gasteiger partial charge in [-0.2, -0.15) is 0 Å². The van der Waals surface area contributed by atoms with E-state index in [0.717, 1.165) is 35.9 Å². The van der Waals surface area contributed by atoms with Crippen molar-refractivity contribution in [3.05, 3.63) is 28.8 Å². The summed E-state index contributed by atoms with van der Waals surface area (Å²) < 4.78 is 10.2. The lowest BCUT2D eigenvalue weighted by Crippen LogP contribution is -2.42. The molecule has 1 heterocycles. The molecule has 1 aliphatic rings. The van der Waals surface area contributed by atoms with Crippen LogP contribution < -0.4 is 10.1 Å². The number of methoxy groups -OCH3 is 1. The van der Waals surface area contributed by atoms with Crippen molar-refractivity contribution in [1.29, 1.82) is 0 Å². The van der Waals surface area contributed by atoms with Crippen molar-refractivity contribution in [3.8, 4) is 5.75 Å². The average molecular weight is 363 g/mol. The fourth-order valence-electron chi connectivity index (χ4n) is 3.71. The van der Waals surface area contributed by atoms with Crippen LogP contribution in [-0.2, 0) is 16.1 Å². The highest BCUT2D eigenvalue weighted by Crippen LogP contribution is 2.25. The molecule has 5 heteroatoms. The molecule has 1 aromatic rings.